The van der Waals surface area contributed by atoms with E-state index >= 15 is 0 Å². The number of carbonyl (C=O) groups excluding carboxylic acids is 1. The van der Waals surface area contributed by atoms with Gasteiger partial charge in [-0.05, 0) is 0 Å². The average molecular weight is 174 g/mol. The maximum absolute atomic E-state index is 11.8. The molecule has 0 saturated carbocycles. The normalized spacial score (nSPS) is 11.2. The molecule has 0 aromatic carbocycles. The molecular weight excluding hydrogens is 166 g/mol. The molecule has 0 aromatic heterocycles. The van der Waals surface area contributed by atoms with Gasteiger partial charge in [-0.3, -0.25) is 4.79 Å². The molecule has 0 aliphatic carbocycles. The van der Waals surface area contributed by atoms with Crippen molar-refractivity contribution in [1.29, 1.82) is 5.26 Å². The fraction of sp³-hybridized carbons (Fsp3) is 0.429. The second-order valence-electron chi connectivity index (χ2n) is 2.28. The smallest absolute Gasteiger partial charge is 0.301 e. The molecule has 5 heteroatoms. The molecule has 0 N–H and O–H groups in total. The SMILES string of the molecule is CN(C)/C=C(\C#N)C(=O)C(F)F. The number of ketones is 1. The first-order valence-corrected chi connectivity index (χ1v) is 3.09. The third kappa shape index (κ3) is 3.10. The number of carbonyl (C=O) groups is 1. The standard InChI is InChI=1S/C7H8F2N2O/c1-11(2)4-5(3-10)6(12)7(8)9/h4,7H,1-2H3/b5-4+. The van der Waals surface area contributed by atoms with Gasteiger partial charge in [0.1, 0.15) is 11.6 Å². The maximum Gasteiger partial charge on any atom is 0.301 e. The Balaban J connectivity index is 4.60. The van der Waals surface area contributed by atoms with E-state index in [1.165, 1.54) is 25.1 Å². The van der Waals surface area contributed by atoms with Gasteiger partial charge in [0, 0.05) is 20.3 Å². The van der Waals surface area contributed by atoms with Crippen LogP contribution in [0.1, 0.15) is 0 Å². The van der Waals surface area contributed by atoms with E-state index in [1.54, 1.807) is 0 Å². The summed E-state index contributed by atoms with van der Waals surface area (Å²) in [5, 5.41) is 8.30. The predicted octanol–water partition coefficient (Wildman–Crippen LogP) is 0.790. The van der Waals surface area contributed by atoms with Gasteiger partial charge in [0.25, 0.3) is 0 Å². The number of alkyl halides is 2. The van der Waals surface area contributed by atoms with Crippen LogP contribution in [0.3, 0.4) is 0 Å². The molecule has 0 spiro atoms. The van der Waals surface area contributed by atoms with Crippen LogP contribution in [0.5, 0.6) is 0 Å². The van der Waals surface area contributed by atoms with Crippen molar-refractivity contribution in [3.8, 4) is 6.07 Å². The highest BCUT2D eigenvalue weighted by Gasteiger charge is 2.20. The van der Waals surface area contributed by atoms with Crippen LogP contribution in [0, 0.1) is 11.3 Å². The van der Waals surface area contributed by atoms with E-state index < -0.39 is 17.8 Å². The molecule has 0 aromatic rings. The van der Waals surface area contributed by atoms with Gasteiger partial charge in [0.2, 0.25) is 5.78 Å². The number of allylic oxidation sites excluding steroid dienone is 1. The summed E-state index contributed by atoms with van der Waals surface area (Å²) in [6.45, 7) is 0. The maximum atomic E-state index is 11.8. The molecule has 0 rings (SSSR count). The van der Waals surface area contributed by atoms with Crippen LogP contribution < -0.4 is 0 Å². The van der Waals surface area contributed by atoms with Gasteiger partial charge in [-0.1, -0.05) is 0 Å². The van der Waals surface area contributed by atoms with Crippen molar-refractivity contribution in [3.63, 3.8) is 0 Å². The Hall–Kier alpha value is -1.44. The number of hydrogen-bond acceptors (Lipinski definition) is 3. The minimum Gasteiger partial charge on any atom is -0.382 e. The van der Waals surface area contributed by atoms with Crippen molar-refractivity contribution in [2.24, 2.45) is 0 Å². The molecular formula is C7H8F2N2O. The van der Waals surface area contributed by atoms with Gasteiger partial charge in [-0.2, -0.15) is 5.26 Å². The van der Waals surface area contributed by atoms with Crippen molar-refractivity contribution in [2.45, 2.75) is 6.43 Å². The molecule has 0 radical (unpaired) electrons. The Morgan fingerprint density at radius 1 is 1.58 bits per heavy atom. The Morgan fingerprint density at radius 3 is 2.33 bits per heavy atom. The van der Waals surface area contributed by atoms with Gasteiger partial charge in [0.05, 0.1) is 0 Å². The number of rotatable bonds is 3. The highest BCUT2D eigenvalue weighted by atomic mass is 19.3. The number of nitrogens with zero attached hydrogens (tertiary/aromatic N) is 2. The van der Waals surface area contributed by atoms with E-state index in [0.717, 1.165) is 6.20 Å². The van der Waals surface area contributed by atoms with Crippen LogP contribution in [-0.4, -0.2) is 31.2 Å². The fourth-order valence-corrected chi connectivity index (χ4v) is 0.523. The van der Waals surface area contributed by atoms with Gasteiger partial charge < -0.3 is 4.90 Å². The quantitative estimate of drug-likeness (QED) is 0.469. The Morgan fingerprint density at radius 2 is 2.08 bits per heavy atom. The van der Waals surface area contributed by atoms with Crippen molar-refractivity contribution in [2.75, 3.05) is 14.1 Å². The molecule has 0 unspecified atom stereocenters. The van der Waals surface area contributed by atoms with E-state index in [-0.39, 0.29) is 0 Å². The van der Waals surface area contributed by atoms with E-state index in [0.29, 0.717) is 0 Å². The zero-order chi connectivity index (χ0) is 9.72. The summed E-state index contributed by atoms with van der Waals surface area (Å²) in [7, 11) is 3.08. The van der Waals surface area contributed by atoms with Gasteiger partial charge in [-0.15, -0.1) is 0 Å². The zero-order valence-electron chi connectivity index (χ0n) is 6.71. The Labute approximate surface area is 68.9 Å². The lowest BCUT2D eigenvalue weighted by Crippen LogP contribution is -2.14. The molecule has 0 aliphatic rings. The van der Waals surface area contributed by atoms with Gasteiger partial charge in [0.15, 0.2) is 0 Å². The second-order valence-corrected chi connectivity index (χ2v) is 2.28. The number of hydrogen-bond donors (Lipinski definition) is 0. The van der Waals surface area contributed by atoms with E-state index in [2.05, 4.69) is 0 Å². The molecule has 3 nitrogen and oxygen atoms in total. The van der Waals surface area contributed by atoms with E-state index in [9.17, 15) is 13.6 Å². The third-order valence-corrected chi connectivity index (χ3v) is 0.971. The largest absolute Gasteiger partial charge is 0.382 e. The summed E-state index contributed by atoms with van der Waals surface area (Å²) in [4.78, 5) is 11.9. The van der Waals surface area contributed by atoms with Crippen LogP contribution in [0.4, 0.5) is 8.78 Å². The summed E-state index contributed by atoms with van der Waals surface area (Å²) < 4.78 is 23.5. The molecule has 66 valence electrons. The lowest BCUT2D eigenvalue weighted by molar-refractivity contribution is -0.125. The lowest BCUT2D eigenvalue weighted by Gasteiger charge is -2.04. The molecule has 0 aliphatic heterocycles. The monoisotopic (exact) mass is 174 g/mol. The van der Waals surface area contributed by atoms with E-state index in [1.807, 2.05) is 0 Å². The average Bonchev–Trinajstić information content (AvgIpc) is 1.98. The highest BCUT2D eigenvalue weighted by molar-refractivity contribution is 6.01. The van der Waals surface area contributed by atoms with Crippen molar-refractivity contribution >= 4 is 5.78 Å². The topological polar surface area (TPSA) is 44.1 Å². The summed E-state index contributed by atoms with van der Waals surface area (Å²) in [5.74, 6) is -1.44. The Kier molecular flexibility index (Phi) is 3.91. The lowest BCUT2D eigenvalue weighted by atomic mass is 10.2. The molecule has 0 amide bonds. The first-order chi connectivity index (χ1) is 5.49. The fourth-order valence-electron chi connectivity index (χ4n) is 0.523. The van der Waals surface area contributed by atoms with Crippen LogP contribution in [-0.2, 0) is 4.79 Å². The van der Waals surface area contributed by atoms with Crippen LogP contribution in [0.2, 0.25) is 0 Å². The second kappa shape index (κ2) is 4.44. The third-order valence-electron chi connectivity index (χ3n) is 0.971. The number of Topliss-reactive ketones (excluding diaryl/α,β-unsaturated/α-hetero) is 1. The molecule has 0 saturated heterocycles. The first-order valence-electron chi connectivity index (χ1n) is 3.09. The minimum absolute atomic E-state index is 0.532. The number of halogens is 2. The summed E-state index contributed by atoms with van der Waals surface area (Å²) in [6.07, 6.45) is -2.05. The first kappa shape index (κ1) is 10.6. The molecule has 0 fully saturated rings. The van der Waals surface area contributed by atoms with Crippen molar-refractivity contribution in [1.82, 2.24) is 4.90 Å². The summed E-state index contributed by atoms with van der Waals surface area (Å²) >= 11 is 0. The molecule has 0 atom stereocenters. The Bertz CT molecular complexity index is 240. The van der Waals surface area contributed by atoms with Crippen molar-refractivity contribution < 1.29 is 13.6 Å². The molecule has 0 heterocycles. The van der Waals surface area contributed by atoms with Gasteiger partial charge in [-0.25, -0.2) is 8.78 Å². The van der Waals surface area contributed by atoms with Gasteiger partial charge >= 0.3 is 6.43 Å². The van der Waals surface area contributed by atoms with Crippen molar-refractivity contribution in [3.05, 3.63) is 11.8 Å². The van der Waals surface area contributed by atoms with Crippen LogP contribution in [0.25, 0.3) is 0 Å². The summed E-state index contributed by atoms with van der Waals surface area (Å²) in [5.41, 5.74) is -0.532. The van der Waals surface area contributed by atoms with Crippen LogP contribution in [0.15, 0.2) is 11.8 Å². The molecule has 12 heavy (non-hydrogen) atoms. The zero-order valence-corrected chi connectivity index (χ0v) is 6.71. The molecule has 0 bridgehead atoms. The summed E-state index contributed by atoms with van der Waals surface area (Å²) in [6, 6.07) is 1.40. The van der Waals surface area contributed by atoms with Crippen LogP contribution >= 0.6 is 0 Å². The van der Waals surface area contributed by atoms with E-state index in [4.69, 9.17) is 5.26 Å². The minimum atomic E-state index is -3.11. The predicted molar refractivity (Wildman–Crippen MR) is 38.4 cm³/mol. The highest BCUT2D eigenvalue weighted by Crippen LogP contribution is 2.04. The number of nitriles is 1.